The van der Waals surface area contributed by atoms with Gasteiger partial charge in [-0.2, -0.15) is 0 Å². The fourth-order valence-electron chi connectivity index (χ4n) is 2.06. The Labute approximate surface area is 134 Å². The summed E-state index contributed by atoms with van der Waals surface area (Å²) in [4.78, 5) is 25.9. The fraction of sp³-hybridized carbons (Fsp3) is 0.500. The van der Waals surface area contributed by atoms with Gasteiger partial charge in [0.1, 0.15) is 0 Å². The number of esters is 1. The smallest absolute Gasteiger partial charge is 0.310 e. The van der Waals surface area contributed by atoms with Gasteiger partial charge >= 0.3 is 5.97 Å². The minimum atomic E-state index is -0.340. The highest BCUT2D eigenvalue weighted by Gasteiger charge is 2.23. The summed E-state index contributed by atoms with van der Waals surface area (Å²) in [6.07, 6.45) is 0. The minimum absolute atomic E-state index is 0.0630. The molecule has 1 amide bonds. The third-order valence-corrected chi connectivity index (χ3v) is 3.59. The van der Waals surface area contributed by atoms with Gasteiger partial charge in [0.15, 0.2) is 0 Å². The van der Waals surface area contributed by atoms with Gasteiger partial charge in [-0.25, -0.2) is 0 Å². The summed E-state index contributed by atoms with van der Waals surface area (Å²) in [7, 11) is 1.36. The fourth-order valence-corrected chi connectivity index (χ4v) is 2.33. The van der Waals surface area contributed by atoms with Crippen LogP contribution in [0.25, 0.3) is 0 Å². The third kappa shape index (κ3) is 5.50. The number of carbonyl (C=O) groups excluding carboxylic acids is 2. The van der Waals surface area contributed by atoms with Crippen LogP contribution in [0.3, 0.4) is 0 Å². The predicted molar refractivity (Wildman–Crippen MR) is 86.1 cm³/mol. The van der Waals surface area contributed by atoms with Crippen LogP contribution in [0.2, 0.25) is 0 Å². The predicted octanol–water partition coefficient (Wildman–Crippen LogP) is 3.36. The molecule has 0 aliphatic rings. The summed E-state index contributed by atoms with van der Waals surface area (Å²) in [5, 5.41) is 0. The Bertz CT molecular complexity index is 485. The Hall–Kier alpha value is -1.36. The highest BCUT2D eigenvalue weighted by molar-refractivity contribution is 9.10. The van der Waals surface area contributed by atoms with Gasteiger partial charge in [-0.15, -0.1) is 0 Å². The second-order valence-electron chi connectivity index (χ2n) is 5.54. The van der Waals surface area contributed by atoms with Crippen molar-refractivity contribution in [2.45, 2.75) is 20.8 Å². The molecule has 0 N–H and O–H groups in total. The van der Waals surface area contributed by atoms with Gasteiger partial charge < -0.3 is 9.64 Å². The normalized spacial score (nSPS) is 12.1. The number of benzene rings is 1. The number of hydrogen-bond donors (Lipinski definition) is 0. The maximum atomic E-state index is 12.6. The average Bonchev–Trinajstić information content (AvgIpc) is 2.45. The van der Waals surface area contributed by atoms with Crippen molar-refractivity contribution >= 4 is 27.8 Å². The molecule has 0 aliphatic heterocycles. The van der Waals surface area contributed by atoms with Crippen molar-refractivity contribution in [2.75, 3.05) is 20.2 Å². The average molecular weight is 356 g/mol. The van der Waals surface area contributed by atoms with Crippen LogP contribution in [0, 0.1) is 11.8 Å². The molecule has 5 heteroatoms. The van der Waals surface area contributed by atoms with Crippen LogP contribution in [-0.4, -0.2) is 37.0 Å². The van der Waals surface area contributed by atoms with Gasteiger partial charge in [-0.3, -0.25) is 9.59 Å². The number of methoxy groups -OCH3 is 1. The third-order valence-electron chi connectivity index (χ3n) is 3.06. The Morgan fingerprint density at radius 2 is 1.71 bits per heavy atom. The molecular formula is C16H22BrNO3. The van der Waals surface area contributed by atoms with Crippen molar-refractivity contribution in [1.29, 1.82) is 0 Å². The number of nitrogens with zero attached hydrogens (tertiary/aromatic N) is 1. The molecule has 21 heavy (non-hydrogen) atoms. The van der Waals surface area contributed by atoms with Gasteiger partial charge in [0, 0.05) is 23.1 Å². The molecule has 116 valence electrons. The van der Waals surface area contributed by atoms with E-state index in [0.29, 0.717) is 24.6 Å². The molecule has 0 saturated carbocycles. The zero-order chi connectivity index (χ0) is 16.0. The highest BCUT2D eigenvalue weighted by atomic mass is 79.9. The highest BCUT2D eigenvalue weighted by Crippen LogP contribution is 2.15. The molecule has 1 aromatic rings. The molecule has 1 atom stereocenters. The van der Waals surface area contributed by atoms with Gasteiger partial charge in [0.25, 0.3) is 5.91 Å². The van der Waals surface area contributed by atoms with E-state index in [0.717, 1.165) is 4.47 Å². The molecular weight excluding hydrogens is 334 g/mol. The lowest BCUT2D eigenvalue weighted by molar-refractivity contribution is -0.145. The van der Waals surface area contributed by atoms with Gasteiger partial charge in [0.05, 0.1) is 13.0 Å². The van der Waals surface area contributed by atoms with E-state index in [4.69, 9.17) is 4.74 Å². The Kier molecular flexibility index (Phi) is 6.89. The van der Waals surface area contributed by atoms with E-state index in [1.54, 1.807) is 24.0 Å². The van der Waals surface area contributed by atoms with E-state index in [2.05, 4.69) is 15.9 Å². The Morgan fingerprint density at radius 3 is 2.19 bits per heavy atom. The Morgan fingerprint density at radius 1 is 1.14 bits per heavy atom. The van der Waals surface area contributed by atoms with Crippen LogP contribution >= 0.6 is 15.9 Å². The summed E-state index contributed by atoms with van der Waals surface area (Å²) in [6, 6.07) is 7.24. The van der Waals surface area contributed by atoms with Crippen molar-refractivity contribution in [1.82, 2.24) is 4.90 Å². The number of halogens is 1. The molecule has 0 heterocycles. The van der Waals surface area contributed by atoms with Crippen molar-refractivity contribution in [3.8, 4) is 0 Å². The summed E-state index contributed by atoms with van der Waals surface area (Å²) >= 11 is 3.35. The first-order valence-electron chi connectivity index (χ1n) is 6.97. The maximum Gasteiger partial charge on any atom is 0.310 e. The number of ether oxygens (including phenoxy) is 1. The van der Waals surface area contributed by atoms with E-state index in [1.165, 1.54) is 7.11 Å². The SMILES string of the molecule is COC(=O)C(C)CN(CC(C)C)C(=O)c1ccc(Br)cc1. The van der Waals surface area contributed by atoms with E-state index >= 15 is 0 Å². The summed E-state index contributed by atoms with van der Waals surface area (Å²) in [6.45, 7) is 6.83. The number of carbonyl (C=O) groups is 2. The van der Waals surface area contributed by atoms with Crippen molar-refractivity contribution in [2.24, 2.45) is 11.8 Å². The van der Waals surface area contributed by atoms with Crippen LogP contribution in [-0.2, 0) is 9.53 Å². The topological polar surface area (TPSA) is 46.6 Å². The van der Waals surface area contributed by atoms with E-state index in [9.17, 15) is 9.59 Å². The second kappa shape index (κ2) is 8.17. The molecule has 0 aromatic heterocycles. The lowest BCUT2D eigenvalue weighted by atomic mass is 10.1. The maximum absolute atomic E-state index is 12.6. The molecule has 0 radical (unpaired) electrons. The van der Waals surface area contributed by atoms with Crippen LogP contribution in [0.4, 0.5) is 0 Å². The molecule has 1 unspecified atom stereocenters. The molecule has 4 nitrogen and oxygen atoms in total. The number of amides is 1. The first-order chi connectivity index (χ1) is 9.85. The van der Waals surface area contributed by atoms with Crippen molar-refractivity contribution in [3.05, 3.63) is 34.3 Å². The van der Waals surface area contributed by atoms with E-state index in [-0.39, 0.29) is 17.8 Å². The summed E-state index contributed by atoms with van der Waals surface area (Å²) in [5.41, 5.74) is 0.621. The van der Waals surface area contributed by atoms with Gasteiger partial charge in [0.2, 0.25) is 0 Å². The number of rotatable bonds is 6. The lowest BCUT2D eigenvalue weighted by Gasteiger charge is -2.27. The molecule has 0 saturated heterocycles. The van der Waals surface area contributed by atoms with Crippen LogP contribution in [0.15, 0.2) is 28.7 Å². The summed E-state index contributed by atoms with van der Waals surface area (Å²) < 4.78 is 5.66. The van der Waals surface area contributed by atoms with Crippen molar-refractivity contribution in [3.63, 3.8) is 0 Å². The standard InChI is InChI=1S/C16H22BrNO3/c1-11(2)9-18(10-12(3)16(20)21-4)15(19)13-5-7-14(17)8-6-13/h5-8,11-12H,9-10H2,1-4H3. The first kappa shape index (κ1) is 17.7. The Balaban J connectivity index is 2.88. The van der Waals surface area contributed by atoms with E-state index < -0.39 is 0 Å². The largest absolute Gasteiger partial charge is 0.469 e. The van der Waals surface area contributed by atoms with E-state index in [1.807, 2.05) is 26.0 Å². The van der Waals surface area contributed by atoms with Crippen LogP contribution in [0.5, 0.6) is 0 Å². The summed E-state index contributed by atoms with van der Waals surface area (Å²) in [5.74, 6) is -0.373. The van der Waals surface area contributed by atoms with Crippen molar-refractivity contribution < 1.29 is 14.3 Å². The number of hydrogen-bond acceptors (Lipinski definition) is 3. The molecule has 1 rings (SSSR count). The van der Waals surface area contributed by atoms with Gasteiger partial charge in [-0.05, 0) is 30.2 Å². The molecule has 1 aromatic carbocycles. The molecule has 0 spiro atoms. The zero-order valence-electron chi connectivity index (χ0n) is 12.9. The molecule has 0 fully saturated rings. The van der Waals surface area contributed by atoms with Gasteiger partial charge in [-0.1, -0.05) is 36.7 Å². The lowest BCUT2D eigenvalue weighted by Crippen LogP contribution is -2.39. The minimum Gasteiger partial charge on any atom is -0.469 e. The quantitative estimate of drug-likeness (QED) is 0.735. The second-order valence-corrected chi connectivity index (χ2v) is 6.45. The zero-order valence-corrected chi connectivity index (χ0v) is 14.5. The monoisotopic (exact) mass is 355 g/mol. The first-order valence-corrected chi connectivity index (χ1v) is 7.77. The molecule has 0 aliphatic carbocycles. The van der Waals surface area contributed by atoms with Crippen LogP contribution in [0.1, 0.15) is 31.1 Å². The molecule has 0 bridgehead atoms. The van der Waals surface area contributed by atoms with Crippen LogP contribution < -0.4 is 0 Å².